The smallest absolute Gasteiger partial charge is 0.311 e. The molecule has 0 saturated carbocycles. The van der Waals surface area contributed by atoms with Gasteiger partial charge in [0.15, 0.2) is 5.75 Å². The fourth-order valence-electron chi connectivity index (χ4n) is 1.29. The highest BCUT2D eigenvalue weighted by molar-refractivity contribution is 5.74. The number of esters is 1. The van der Waals surface area contributed by atoms with Gasteiger partial charge in [-0.05, 0) is 30.5 Å². The van der Waals surface area contributed by atoms with Gasteiger partial charge in [0.1, 0.15) is 0 Å². The normalized spacial score (nSPS) is 10.0. The van der Waals surface area contributed by atoms with Crippen LogP contribution in [0.4, 0.5) is 5.69 Å². The zero-order valence-electron chi connectivity index (χ0n) is 9.25. The summed E-state index contributed by atoms with van der Waals surface area (Å²) in [7, 11) is 0. The molecule has 0 bridgehead atoms. The van der Waals surface area contributed by atoms with Crippen LogP contribution in [0.25, 0.3) is 0 Å². The monoisotopic (exact) mass is 207 g/mol. The van der Waals surface area contributed by atoms with Crippen LogP contribution < -0.4 is 10.5 Å². The summed E-state index contributed by atoms with van der Waals surface area (Å²) in [6.45, 7) is 3.99. The van der Waals surface area contributed by atoms with Crippen LogP contribution >= 0.6 is 0 Å². The van der Waals surface area contributed by atoms with Crippen molar-refractivity contribution in [2.45, 2.75) is 33.1 Å². The van der Waals surface area contributed by atoms with Crippen LogP contribution in [0.1, 0.15) is 32.3 Å². The fraction of sp³-hybridized carbons (Fsp3) is 0.417. The van der Waals surface area contributed by atoms with E-state index in [2.05, 4.69) is 6.92 Å². The van der Waals surface area contributed by atoms with Crippen molar-refractivity contribution in [3.63, 3.8) is 0 Å². The Kier molecular flexibility index (Phi) is 4.16. The Morgan fingerprint density at radius 2 is 2.13 bits per heavy atom. The summed E-state index contributed by atoms with van der Waals surface area (Å²) in [5.41, 5.74) is 7.43. The van der Waals surface area contributed by atoms with Crippen LogP contribution in [-0.2, 0) is 11.2 Å². The van der Waals surface area contributed by atoms with Gasteiger partial charge in [-0.1, -0.05) is 19.9 Å². The molecule has 0 spiro atoms. The van der Waals surface area contributed by atoms with Crippen molar-refractivity contribution in [2.75, 3.05) is 5.73 Å². The molecule has 0 amide bonds. The SMILES string of the molecule is CCCC(=O)Oc1ccc(CC)cc1N. The number of ether oxygens (including phenoxy) is 1. The van der Waals surface area contributed by atoms with Gasteiger partial charge in [0.2, 0.25) is 0 Å². The molecule has 0 fully saturated rings. The first-order chi connectivity index (χ1) is 7.17. The molecule has 3 heteroatoms. The van der Waals surface area contributed by atoms with Gasteiger partial charge in [-0.3, -0.25) is 4.79 Å². The highest BCUT2D eigenvalue weighted by Crippen LogP contribution is 2.23. The maximum absolute atomic E-state index is 11.2. The predicted molar refractivity (Wildman–Crippen MR) is 60.8 cm³/mol. The molecule has 1 rings (SSSR count). The van der Waals surface area contributed by atoms with Gasteiger partial charge in [0.05, 0.1) is 5.69 Å². The van der Waals surface area contributed by atoms with Crippen LogP contribution in [0.2, 0.25) is 0 Å². The molecule has 0 saturated heterocycles. The third-order valence-corrected chi connectivity index (χ3v) is 2.16. The third-order valence-electron chi connectivity index (χ3n) is 2.16. The Morgan fingerprint density at radius 3 is 2.67 bits per heavy atom. The van der Waals surface area contributed by atoms with E-state index in [1.54, 1.807) is 6.07 Å². The molecule has 1 aromatic carbocycles. The zero-order chi connectivity index (χ0) is 11.3. The maximum atomic E-state index is 11.2. The first-order valence-corrected chi connectivity index (χ1v) is 5.26. The van der Waals surface area contributed by atoms with E-state index in [1.165, 1.54) is 0 Å². The number of aryl methyl sites for hydroxylation is 1. The van der Waals surface area contributed by atoms with Crippen LogP contribution in [0, 0.1) is 0 Å². The quantitative estimate of drug-likeness (QED) is 0.469. The average molecular weight is 207 g/mol. The van der Waals surface area contributed by atoms with E-state index in [1.807, 2.05) is 19.1 Å². The number of hydrogen-bond acceptors (Lipinski definition) is 3. The topological polar surface area (TPSA) is 52.3 Å². The van der Waals surface area contributed by atoms with Gasteiger partial charge in [-0.25, -0.2) is 0 Å². The number of hydrogen-bond donors (Lipinski definition) is 1. The van der Waals surface area contributed by atoms with Gasteiger partial charge < -0.3 is 10.5 Å². The van der Waals surface area contributed by atoms with E-state index in [0.29, 0.717) is 17.9 Å². The lowest BCUT2D eigenvalue weighted by Gasteiger charge is -2.07. The van der Waals surface area contributed by atoms with E-state index in [4.69, 9.17) is 10.5 Å². The molecule has 82 valence electrons. The lowest BCUT2D eigenvalue weighted by Crippen LogP contribution is -2.08. The van der Waals surface area contributed by atoms with Crippen LogP contribution in [0.3, 0.4) is 0 Å². The molecular weight excluding hydrogens is 190 g/mol. The second kappa shape index (κ2) is 5.39. The van der Waals surface area contributed by atoms with E-state index < -0.39 is 0 Å². The molecule has 0 aromatic heterocycles. The van der Waals surface area contributed by atoms with Crippen LogP contribution in [0.5, 0.6) is 5.75 Å². The van der Waals surface area contributed by atoms with Crippen molar-refractivity contribution in [1.29, 1.82) is 0 Å². The fourth-order valence-corrected chi connectivity index (χ4v) is 1.29. The van der Waals surface area contributed by atoms with E-state index >= 15 is 0 Å². The minimum atomic E-state index is -0.228. The molecule has 15 heavy (non-hydrogen) atoms. The highest BCUT2D eigenvalue weighted by atomic mass is 16.5. The summed E-state index contributed by atoms with van der Waals surface area (Å²) in [6.07, 6.45) is 2.13. The summed E-state index contributed by atoms with van der Waals surface area (Å²) in [5, 5.41) is 0. The van der Waals surface area contributed by atoms with Gasteiger partial charge in [0.25, 0.3) is 0 Å². The third kappa shape index (κ3) is 3.27. The number of carbonyl (C=O) groups excluding carboxylic acids is 1. The van der Waals surface area contributed by atoms with E-state index in [9.17, 15) is 4.79 Å². The van der Waals surface area contributed by atoms with E-state index in [-0.39, 0.29) is 5.97 Å². The molecule has 0 radical (unpaired) electrons. The van der Waals surface area contributed by atoms with Crippen molar-refractivity contribution in [3.8, 4) is 5.75 Å². The second-order valence-corrected chi connectivity index (χ2v) is 3.45. The number of rotatable bonds is 4. The molecule has 0 unspecified atom stereocenters. The number of nitrogen functional groups attached to an aromatic ring is 1. The Bertz CT molecular complexity index is 347. The van der Waals surface area contributed by atoms with Crippen molar-refractivity contribution in [3.05, 3.63) is 23.8 Å². The molecule has 2 N–H and O–H groups in total. The summed E-state index contributed by atoms with van der Waals surface area (Å²) in [5.74, 6) is 0.235. The largest absolute Gasteiger partial charge is 0.424 e. The zero-order valence-corrected chi connectivity index (χ0v) is 9.25. The van der Waals surface area contributed by atoms with Gasteiger partial charge >= 0.3 is 5.97 Å². The molecule has 0 aliphatic rings. The van der Waals surface area contributed by atoms with Crippen LogP contribution in [-0.4, -0.2) is 5.97 Å². The molecule has 0 aliphatic heterocycles. The Balaban J connectivity index is 2.73. The van der Waals surface area contributed by atoms with E-state index in [0.717, 1.165) is 18.4 Å². The first-order valence-electron chi connectivity index (χ1n) is 5.26. The molecule has 3 nitrogen and oxygen atoms in total. The second-order valence-electron chi connectivity index (χ2n) is 3.45. The van der Waals surface area contributed by atoms with Crippen molar-refractivity contribution in [2.24, 2.45) is 0 Å². The van der Waals surface area contributed by atoms with Gasteiger partial charge in [-0.15, -0.1) is 0 Å². The molecule has 0 atom stereocenters. The maximum Gasteiger partial charge on any atom is 0.311 e. The van der Waals surface area contributed by atoms with Gasteiger partial charge in [-0.2, -0.15) is 0 Å². The predicted octanol–water partition coefficient (Wildman–Crippen LogP) is 2.54. The molecule has 0 heterocycles. The van der Waals surface area contributed by atoms with Crippen molar-refractivity contribution >= 4 is 11.7 Å². The van der Waals surface area contributed by atoms with Gasteiger partial charge in [0, 0.05) is 6.42 Å². The minimum absolute atomic E-state index is 0.228. The molecule has 0 aliphatic carbocycles. The minimum Gasteiger partial charge on any atom is -0.424 e. The Labute approximate surface area is 90.2 Å². The number of anilines is 1. The van der Waals surface area contributed by atoms with Crippen LogP contribution in [0.15, 0.2) is 18.2 Å². The summed E-state index contributed by atoms with van der Waals surface area (Å²) in [6, 6.07) is 5.52. The van der Waals surface area contributed by atoms with Crippen molar-refractivity contribution < 1.29 is 9.53 Å². The Hall–Kier alpha value is -1.51. The first kappa shape index (κ1) is 11.6. The lowest BCUT2D eigenvalue weighted by atomic mass is 10.1. The molecule has 1 aromatic rings. The number of carbonyl (C=O) groups is 1. The number of benzene rings is 1. The number of nitrogens with two attached hydrogens (primary N) is 1. The lowest BCUT2D eigenvalue weighted by molar-refractivity contribution is -0.134. The van der Waals surface area contributed by atoms with Crippen molar-refractivity contribution in [1.82, 2.24) is 0 Å². The summed E-state index contributed by atoms with van der Waals surface area (Å²) in [4.78, 5) is 11.2. The average Bonchev–Trinajstić information content (AvgIpc) is 2.21. The Morgan fingerprint density at radius 1 is 1.40 bits per heavy atom. The molecular formula is C12H17NO2. The standard InChI is InChI=1S/C12H17NO2/c1-3-5-12(14)15-11-7-6-9(4-2)8-10(11)13/h6-8H,3-5,13H2,1-2H3. The highest BCUT2D eigenvalue weighted by Gasteiger charge is 2.06. The summed E-state index contributed by atoms with van der Waals surface area (Å²) >= 11 is 0. The summed E-state index contributed by atoms with van der Waals surface area (Å²) < 4.78 is 5.12.